The second kappa shape index (κ2) is 7.25. The molecule has 1 N–H and O–H groups in total. The van der Waals surface area contributed by atoms with E-state index in [1.165, 1.54) is 16.2 Å². The number of anilines is 1. The molecule has 24 heavy (non-hydrogen) atoms. The van der Waals surface area contributed by atoms with Crippen LogP contribution in [0.25, 0.3) is 0 Å². The first-order valence-electron chi connectivity index (χ1n) is 7.79. The smallest absolute Gasteiger partial charge is 0.262 e. The molecule has 0 saturated heterocycles. The molecule has 1 aliphatic carbocycles. The number of carbonyl (C=O) groups excluding carboxylic acids is 1. The molecule has 1 amide bonds. The van der Waals surface area contributed by atoms with E-state index in [4.69, 9.17) is 16.3 Å². The summed E-state index contributed by atoms with van der Waals surface area (Å²) in [5, 5.41) is 13.5. The van der Waals surface area contributed by atoms with Crippen molar-refractivity contribution in [2.45, 2.75) is 26.2 Å². The third-order valence-electron chi connectivity index (χ3n) is 4.06. The highest BCUT2D eigenvalue weighted by Crippen LogP contribution is 2.39. The topological polar surface area (TPSA) is 62.1 Å². The van der Waals surface area contributed by atoms with E-state index >= 15 is 0 Å². The van der Waals surface area contributed by atoms with Gasteiger partial charge in [-0.2, -0.15) is 5.26 Å². The van der Waals surface area contributed by atoms with Crippen LogP contribution in [0.4, 0.5) is 5.00 Å². The van der Waals surface area contributed by atoms with E-state index < -0.39 is 0 Å². The van der Waals surface area contributed by atoms with Crippen LogP contribution in [0.5, 0.6) is 5.75 Å². The van der Waals surface area contributed by atoms with Crippen molar-refractivity contribution in [3.8, 4) is 11.8 Å². The molecule has 0 spiro atoms. The van der Waals surface area contributed by atoms with Crippen molar-refractivity contribution < 1.29 is 9.53 Å². The van der Waals surface area contributed by atoms with E-state index in [-0.39, 0.29) is 12.5 Å². The Morgan fingerprint density at radius 3 is 2.92 bits per heavy atom. The Morgan fingerprint density at radius 1 is 1.46 bits per heavy atom. The summed E-state index contributed by atoms with van der Waals surface area (Å²) in [6.07, 6.45) is 2.98. The third kappa shape index (κ3) is 3.72. The van der Waals surface area contributed by atoms with Crippen LogP contribution in [0.15, 0.2) is 24.3 Å². The quantitative estimate of drug-likeness (QED) is 0.878. The number of rotatable bonds is 4. The van der Waals surface area contributed by atoms with Crippen molar-refractivity contribution >= 4 is 33.8 Å². The minimum atomic E-state index is -0.270. The average molecular weight is 361 g/mol. The standard InChI is InChI=1S/C18H17ClN2O2S/c1-11-2-7-14-15(9-20)18(24-16(14)8-11)21-17(22)10-23-13-5-3-12(19)4-6-13/h3-6,11H,2,7-8,10H2,1H3,(H,21,22)/t11-/m0/s1. The van der Waals surface area contributed by atoms with Crippen LogP contribution in [-0.4, -0.2) is 12.5 Å². The summed E-state index contributed by atoms with van der Waals surface area (Å²) in [7, 11) is 0. The second-order valence-electron chi connectivity index (χ2n) is 5.96. The van der Waals surface area contributed by atoms with Gasteiger partial charge in [0.15, 0.2) is 6.61 Å². The van der Waals surface area contributed by atoms with Gasteiger partial charge < -0.3 is 10.1 Å². The monoisotopic (exact) mass is 360 g/mol. The first kappa shape index (κ1) is 16.8. The summed E-state index contributed by atoms with van der Waals surface area (Å²) in [5.74, 6) is 0.932. The molecule has 124 valence electrons. The number of hydrogen-bond acceptors (Lipinski definition) is 4. The Bertz CT molecular complexity index is 793. The lowest BCUT2D eigenvalue weighted by Crippen LogP contribution is -2.20. The average Bonchev–Trinajstić information content (AvgIpc) is 2.90. The highest BCUT2D eigenvalue weighted by molar-refractivity contribution is 7.16. The van der Waals surface area contributed by atoms with Gasteiger partial charge in [-0.1, -0.05) is 18.5 Å². The van der Waals surface area contributed by atoms with Crippen molar-refractivity contribution in [2.75, 3.05) is 11.9 Å². The second-order valence-corrected chi connectivity index (χ2v) is 7.50. The predicted octanol–water partition coefficient (Wildman–Crippen LogP) is 4.42. The van der Waals surface area contributed by atoms with Crippen LogP contribution < -0.4 is 10.1 Å². The first-order valence-corrected chi connectivity index (χ1v) is 8.99. The van der Waals surface area contributed by atoms with Gasteiger partial charge in [0, 0.05) is 9.90 Å². The third-order valence-corrected chi connectivity index (χ3v) is 5.48. The number of carbonyl (C=O) groups is 1. The number of fused-ring (bicyclic) bond motifs is 1. The number of halogens is 1. The van der Waals surface area contributed by atoms with Crippen LogP contribution in [0.1, 0.15) is 29.3 Å². The van der Waals surface area contributed by atoms with Crippen LogP contribution in [0.2, 0.25) is 5.02 Å². The molecule has 0 unspecified atom stereocenters. The highest BCUT2D eigenvalue weighted by Gasteiger charge is 2.24. The Kier molecular flexibility index (Phi) is 5.08. The van der Waals surface area contributed by atoms with Gasteiger partial charge in [-0.25, -0.2) is 0 Å². The number of hydrogen-bond donors (Lipinski definition) is 1. The van der Waals surface area contributed by atoms with Crippen molar-refractivity contribution in [1.82, 2.24) is 0 Å². The van der Waals surface area contributed by atoms with Crippen LogP contribution >= 0.6 is 22.9 Å². The number of amides is 1. The van der Waals surface area contributed by atoms with Crippen LogP contribution in [0, 0.1) is 17.2 Å². The Hall–Kier alpha value is -2.03. The Morgan fingerprint density at radius 2 is 2.21 bits per heavy atom. The lowest BCUT2D eigenvalue weighted by Gasteiger charge is -2.17. The van der Waals surface area contributed by atoms with Crippen molar-refractivity contribution in [3.05, 3.63) is 45.3 Å². The molecule has 1 aromatic carbocycles. The SMILES string of the molecule is C[C@H]1CCc2c(sc(NC(=O)COc3ccc(Cl)cc3)c2C#N)C1. The van der Waals surface area contributed by atoms with Gasteiger partial charge in [-0.3, -0.25) is 4.79 Å². The lowest BCUT2D eigenvalue weighted by molar-refractivity contribution is -0.118. The lowest BCUT2D eigenvalue weighted by atomic mass is 9.89. The molecule has 0 bridgehead atoms. The van der Waals surface area contributed by atoms with Crippen LogP contribution in [-0.2, 0) is 17.6 Å². The fraction of sp³-hybridized carbons (Fsp3) is 0.333. The number of nitrogens with zero attached hydrogens (tertiary/aromatic N) is 1. The zero-order valence-corrected chi connectivity index (χ0v) is 14.8. The van der Waals surface area contributed by atoms with Gasteiger partial charge in [0.05, 0.1) is 5.56 Å². The van der Waals surface area contributed by atoms with E-state index in [0.717, 1.165) is 24.8 Å². The summed E-state index contributed by atoms with van der Waals surface area (Å²) >= 11 is 7.33. The molecule has 6 heteroatoms. The zero-order chi connectivity index (χ0) is 17.1. The normalized spacial score (nSPS) is 16.1. The fourth-order valence-electron chi connectivity index (χ4n) is 2.80. The van der Waals surface area contributed by atoms with Gasteiger partial charge in [0.2, 0.25) is 0 Å². The molecule has 1 aromatic heterocycles. The summed E-state index contributed by atoms with van der Waals surface area (Å²) in [6, 6.07) is 9.07. The molecule has 0 aliphatic heterocycles. The molecule has 1 aliphatic rings. The molecule has 1 heterocycles. The number of thiophene rings is 1. The van der Waals surface area contributed by atoms with Crippen LogP contribution in [0.3, 0.4) is 0 Å². The molecular weight excluding hydrogens is 344 g/mol. The maximum Gasteiger partial charge on any atom is 0.262 e. The summed E-state index contributed by atoms with van der Waals surface area (Å²) in [6.45, 7) is 2.11. The van der Waals surface area contributed by atoms with E-state index in [9.17, 15) is 10.1 Å². The van der Waals surface area contributed by atoms with E-state index in [1.807, 2.05) is 0 Å². The zero-order valence-electron chi connectivity index (χ0n) is 13.3. The minimum Gasteiger partial charge on any atom is -0.484 e. The number of ether oxygens (including phenoxy) is 1. The highest BCUT2D eigenvalue weighted by atomic mass is 35.5. The first-order chi connectivity index (χ1) is 11.6. The van der Waals surface area contributed by atoms with Crippen molar-refractivity contribution in [1.29, 1.82) is 5.26 Å². The number of nitrogens with one attached hydrogen (secondary N) is 1. The molecule has 4 nitrogen and oxygen atoms in total. The number of nitriles is 1. The maximum absolute atomic E-state index is 12.1. The van der Waals surface area contributed by atoms with Gasteiger partial charge in [0.25, 0.3) is 5.91 Å². The van der Waals surface area contributed by atoms with Gasteiger partial charge in [-0.05, 0) is 55.0 Å². The maximum atomic E-state index is 12.1. The molecule has 1 atom stereocenters. The fourth-order valence-corrected chi connectivity index (χ4v) is 4.30. The van der Waals surface area contributed by atoms with Gasteiger partial charge >= 0.3 is 0 Å². The summed E-state index contributed by atoms with van der Waals surface area (Å²) in [4.78, 5) is 13.4. The van der Waals surface area contributed by atoms with E-state index in [1.54, 1.807) is 24.3 Å². The van der Waals surface area contributed by atoms with E-state index in [2.05, 4.69) is 18.3 Å². The number of benzene rings is 1. The van der Waals surface area contributed by atoms with Gasteiger partial charge in [-0.15, -0.1) is 11.3 Å². The molecular formula is C18H17ClN2O2S. The largest absolute Gasteiger partial charge is 0.484 e. The van der Waals surface area contributed by atoms with Crippen molar-refractivity contribution in [2.24, 2.45) is 5.92 Å². The van der Waals surface area contributed by atoms with Gasteiger partial charge in [0.1, 0.15) is 16.8 Å². The molecule has 0 radical (unpaired) electrons. The minimum absolute atomic E-state index is 0.106. The predicted molar refractivity (Wildman–Crippen MR) is 95.8 cm³/mol. The molecule has 3 rings (SSSR count). The molecule has 2 aromatic rings. The molecule has 0 fully saturated rings. The molecule has 0 saturated carbocycles. The Balaban J connectivity index is 1.66. The Labute approximate surface area is 150 Å². The van der Waals surface area contributed by atoms with Crippen molar-refractivity contribution in [3.63, 3.8) is 0 Å². The summed E-state index contributed by atoms with van der Waals surface area (Å²) in [5.41, 5.74) is 1.72. The van der Waals surface area contributed by atoms with E-state index in [0.29, 0.717) is 27.3 Å². The summed E-state index contributed by atoms with van der Waals surface area (Å²) < 4.78 is 5.44.